The molecule has 124 valence electrons. The second-order valence-electron chi connectivity index (χ2n) is 5.69. The van der Waals surface area contributed by atoms with Crippen LogP contribution in [0.15, 0.2) is 66.7 Å². The highest BCUT2D eigenvalue weighted by Gasteiger charge is 2.12. The standard InChI is InChI=1S/C21H16O4/c22-21(11-9-15-8-10-19-20(12-15)25-14-24-19)23-13-17-6-3-5-16-4-1-2-7-18(16)17/h1-12H,13-14H2/b11-9+. The Balaban J connectivity index is 1.42. The Morgan fingerprint density at radius 3 is 2.80 bits per heavy atom. The van der Waals surface area contributed by atoms with Crippen molar-refractivity contribution in [2.45, 2.75) is 6.61 Å². The fraction of sp³-hybridized carbons (Fsp3) is 0.0952. The number of hydrogen-bond acceptors (Lipinski definition) is 4. The van der Waals surface area contributed by atoms with E-state index < -0.39 is 0 Å². The lowest BCUT2D eigenvalue weighted by atomic mass is 10.1. The molecule has 0 saturated heterocycles. The van der Waals surface area contributed by atoms with E-state index in [2.05, 4.69) is 0 Å². The summed E-state index contributed by atoms with van der Waals surface area (Å²) in [5, 5.41) is 2.23. The molecule has 25 heavy (non-hydrogen) atoms. The van der Waals surface area contributed by atoms with Gasteiger partial charge in [0, 0.05) is 6.08 Å². The van der Waals surface area contributed by atoms with Gasteiger partial charge in [0.15, 0.2) is 11.5 Å². The highest BCUT2D eigenvalue weighted by atomic mass is 16.7. The molecule has 0 atom stereocenters. The van der Waals surface area contributed by atoms with Crippen LogP contribution in [0.25, 0.3) is 16.8 Å². The zero-order chi connectivity index (χ0) is 17.1. The predicted octanol–water partition coefficient (Wildman–Crippen LogP) is 4.33. The number of benzene rings is 3. The van der Waals surface area contributed by atoms with Gasteiger partial charge in [0.1, 0.15) is 6.61 Å². The Kier molecular flexibility index (Phi) is 4.09. The van der Waals surface area contributed by atoms with Gasteiger partial charge in [0.2, 0.25) is 6.79 Å². The van der Waals surface area contributed by atoms with Crippen LogP contribution in [-0.2, 0) is 16.1 Å². The molecule has 0 aliphatic carbocycles. The monoisotopic (exact) mass is 332 g/mol. The first-order valence-electron chi connectivity index (χ1n) is 8.01. The Hall–Kier alpha value is -3.27. The number of carbonyl (C=O) groups excluding carboxylic acids is 1. The molecule has 1 aliphatic heterocycles. The van der Waals surface area contributed by atoms with Gasteiger partial charge < -0.3 is 14.2 Å². The van der Waals surface area contributed by atoms with E-state index in [4.69, 9.17) is 14.2 Å². The van der Waals surface area contributed by atoms with Crippen LogP contribution in [0.4, 0.5) is 0 Å². The minimum absolute atomic E-state index is 0.232. The fourth-order valence-corrected chi connectivity index (χ4v) is 2.80. The van der Waals surface area contributed by atoms with Gasteiger partial charge in [-0.1, -0.05) is 48.5 Å². The van der Waals surface area contributed by atoms with Crippen LogP contribution in [-0.4, -0.2) is 12.8 Å². The quantitative estimate of drug-likeness (QED) is 0.527. The van der Waals surface area contributed by atoms with E-state index in [0.29, 0.717) is 5.75 Å². The topological polar surface area (TPSA) is 44.8 Å². The summed E-state index contributed by atoms with van der Waals surface area (Å²) in [6.07, 6.45) is 3.12. The molecule has 3 aromatic carbocycles. The van der Waals surface area contributed by atoms with Crippen LogP contribution in [0.1, 0.15) is 11.1 Å². The van der Waals surface area contributed by atoms with Crippen molar-refractivity contribution in [2.24, 2.45) is 0 Å². The van der Waals surface area contributed by atoms with Crippen molar-refractivity contribution in [3.8, 4) is 11.5 Å². The van der Waals surface area contributed by atoms with Gasteiger partial charge in [-0.3, -0.25) is 0 Å². The molecule has 1 aliphatic rings. The van der Waals surface area contributed by atoms with Crippen molar-refractivity contribution in [1.29, 1.82) is 0 Å². The number of ether oxygens (including phenoxy) is 3. The van der Waals surface area contributed by atoms with Crippen LogP contribution in [0.5, 0.6) is 11.5 Å². The second-order valence-corrected chi connectivity index (χ2v) is 5.69. The van der Waals surface area contributed by atoms with Gasteiger partial charge in [-0.15, -0.1) is 0 Å². The minimum atomic E-state index is -0.384. The van der Waals surface area contributed by atoms with Crippen molar-refractivity contribution < 1.29 is 19.0 Å². The summed E-state index contributed by atoms with van der Waals surface area (Å²) >= 11 is 0. The van der Waals surface area contributed by atoms with E-state index in [1.807, 2.05) is 60.7 Å². The SMILES string of the molecule is O=C(/C=C/c1ccc2c(c1)OCO2)OCc1cccc2ccccc12. The lowest BCUT2D eigenvalue weighted by Crippen LogP contribution is -2.01. The number of hydrogen-bond donors (Lipinski definition) is 0. The third kappa shape index (κ3) is 3.33. The maximum absolute atomic E-state index is 12.0. The largest absolute Gasteiger partial charge is 0.458 e. The van der Waals surface area contributed by atoms with Gasteiger partial charge in [0.05, 0.1) is 0 Å². The van der Waals surface area contributed by atoms with Gasteiger partial charge in [-0.25, -0.2) is 4.79 Å². The summed E-state index contributed by atoms with van der Waals surface area (Å²) in [6.45, 7) is 0.473. The molecule has 4 nitrogen and oxygen atoms in total. The number of esters is 1. The van der Waals surface area contributed by atoms with Crippen LogP contribution in [0.2, 0.25) is 0 Å². The van der Waals surface area contributed by atoms with Crippen molar-refractivity contribution in [3.63, 3.8) is 0 Å². The first-order valence-corrected chi connectivity index (χ1v) is 8.01. The molecular weight excluding hydrogens is 316 g/mol. The van der Waals surface area contributed by atoms with Crippen LogP contribution in [0.3, 0.4) is 0 Å². The summed E-state index contributed by atoms with van der Waals surface area (Å²) < 4.78 is 16.0. The summed E-state index contributed by atoms with van der Waals surface area (Å²) in [5.74, 6) is 1.02. The molecule has 0 N–H and O–H groups in total. The minimum Gasteiger partial charge on any atom is -0.458 e. The molecule has 3 aromatic rings. The van der Waals surface area contributed by atoms with Crippen molar-refractivity contribution in [3.05, 3.63) is 77.9 Å². The third-order valence-electron chi connectivity index (χ3n) is 4.06. The molecule has 0 bridgehead atoms. The predicted molar refractivity (Wildman–Crippen MR) is 95.3 cm³/mol. The molecular formula is C21H16O4. The van der Waals surface area contributed by atoms with Gasteiger partial charge in [-0.2, -0.15) is 0 Å². The molecule has 0 fully saturated rings. The summed E-state index contributed by atoms with van der Waals surface area (Å²) in [6, 6.07) is 19.5. The molecule has 0 saturated carbocycles. The molecule has 0 amide bonds. The molecule has 0 radical (unpaired) electrons. The number of fused-ring (bicyclic) bond motifs is 2. The van der Waals surface area contributed by atoms with Gasteiger partial charge in [-0.05, 0) is 40.1 Å². The van der Waals surface area contributed by atoms with Crippen LogP contribution >= 0.6 is 0 Å². The van der Waals surface area contributed by atoms with E-state index in [9.17, 15) is 4.79 Å². The van der Waals surface area contributed by atoms with Crippen molar-refractivity contribution in [1.82, 2.24) is 0 Å². The van der Waals surface area contributed by atoms with Crippen molar-refractivity contribution in [2.75, 3.05) is 6.79 Å². The second kappa shape index (κ2) is 6.69. The van der Waals surface area contributed by atoms with Crippen LogP contribution in [0, 0.1) is 0 Å². The smallest absolute Gasteiger partial charge is 0.331 e. The lowest BCUT2D eigenvalue weighted by molar-refractivity contribution is -0.138. The lowest BCUT2D eigenvalue weighted by Gasteiger charge is -2.06. The highest BCUT2D eigenvalue weighted by Crippen LogP contribution is 2.32. The van der Waals surface area contributed by atoms with E-state index in [1.54, 1.807) is 6.08 Å². The average Bonchev–Trinajstić information content (AvgIpc) is 3.12. The molecule has 0 unspecified atom stereocenters. The van der Waals surface area contributed by atoms with Gasteiger partial charge >= 0.3 is 5.97 Å². The average molecular weight is 332 g/mol. The zero-order valence-corrected chi connectivity index (χ0v) is 13.5. The Morgan fingerprint density at radius 2 is 1.84 bits per heavy atom. The maximum Gasteiger partial charge on any atom is 0.331 e. The first kappa shape index (κ1) is 15.3. The third-order valence-corrected chi connectivity index (χ3v) is 4.06. The summed E-state index contributed by atoms with van der Waals surface area (Å²) in [5.41, 5.74) is 1.84. The zero-order valence-electron chi connectivity index (χ0n) is 13.5. The summed E-state index contributed by atoms with van der Waals surface area (Å²) in [7, 11) is 0. The van der Waals surface area contributed by atoms with E-state index >= 15 is 0 Å². The fourth-order valence-electron chi connectivity index (χ4n) is 2.80. The maximum atomic E-state index is 12.0. The Morgan fingerprint density at radius 1 is 1.00 bits per heavy atom. The molecule has 4 heteroatoms. The van der Waals surface area contributed by atoms with E-state index in [-0.39, 0.29) is 19.4 Å². The molecule has 4 rings (SSSR count). The Bertz CT molecular complexity index is 954. The van der Waals surface area contributed by atoms with Crippen LogP contribution < -0.4 is 9.47 Å². The summed E-state index contributed by atoms with van der Waals surface area (Å²) in [4.78, 5) is 12.0. The van der Waals surface area contributed by atoms with E-state index in [0.717, 1.165) is 27.6 Å². The van der Waals surface area contributed by atoms with Crippen molar-refractivity contribution >= 4 is 22.8 Å². The molecule has 0 aromatic heterocycles. The molecule has 0 spiro atoms. The Labute approximate surface area is 145 Å². The highest BCUT2D eigenvalue weighted by molar-refractivity contribution is 5.88. The first-order chi connectivity index (χ1) is 12.3. The normalized spacial score (nSPS) is 12.6. The molecule has 1 heterocycles. The van der Waals surface area contributed by atoms with E-state index in [1.165, 1.54) is 6.08 Å². The number of rotatable bonds is 4. The number of carbonyl (C=O) groups is 1. The van der Waals surface area contributed by atoms with Gasteiger partial charge in [0.25, 0.3) is 0 Å².